The average Bonchev–Trinajstić information content (AvgIpc) is 2.35. The number of carboxylic acid groups (broad SMARTS) is 1. The number of carbonyl (C=O) groups is 1. The summed E-state index contributed by atoms with van der Waals surface area (Å²) >= 11 is 6.22. The molecule has 4 heteroatoms. The van der Waals surface area contributed by atoms with Gasteiger partial charge in [0.05, 0.1) is 16.3 Å². The van der Waals surface area contributed by atoms with E-state index in [1.807, 2.05) is 0 Å². The first-order chi connectivity index (χ1) is 8.97. The van der Waals surface area contributed by atoms with Crippen molar-refractivity contribution < 1.29 is 9.90 Å². The summed E-state index contributed by atoms with van der Waals surface area (Å²) in [4.78, 5) is 13.1. The summed E-state index contributed by atoms with van der Waals surface area (Å²) in [5.41, 5.74) is 1.14. The van der Waals surface area contributed by atoms with E-state index in [0.717, 1.165) is 18.7 Å². The largest absolute Gasteiger partial charge is 0.478 e. The first-order valence-corrected chi connectivity index (χ1v) is 7.14. The first kappa shape index (κ1) is 15.8. The van der Waals surface area contributed by atoms with E-state index in [0.29, 0.717) is 11.1 Å². The minimum Gasteiger partial charge on any atom is -0.478 e. The van der Waals surface area contributed by atoms with E-state index in [4.69, 9.17) is 16.7 Å². The lowest BCUT2D eigenvalue weighted by Gasteiger charge is -2.30. The third kappa shape index (κ3) is 4.43. The van der Waals surface area contributed by atoms with E-state index < -0.39 is 5.97 Å². The van der Waals surface area contributed by atoms with Crippen molar-refractivity contribution in [2.75, 3.05) is 11.4 Å². The summed E-state index contributed by atoms with van der Waals surface area (Å²) in [6, 6.07) is 5.27. The normalized spacial score (nSPS) is 10.8. The number of halogens is 1. The highest BCUT2D eigenvalue weighted by Gasteiger charge is 2.15. The molecule has 19 heavy (non-hydrogen) atoms. The topological polar surface area (TPSA) is 40.5 Å². The number of anilines is 1. The van der Waals surface area contributed by atoms with Gasteiger partial charge in [0.2, 0.25) is 0 Å². The van der Waals surface area contributed by atoms with Crippen LogP contribution >= 0.6 is 11.6 Å². The van der Waals surface area contributed by atoms with Crippen LogP contribution in [0, 0.1) is 0 Å². The van der Waals surface area contributed by atoms with Crippen LogP contribution in [0.1, 0.15) is 50.4 Å². The third-order valence-corrected chi connectivity index (χ3v) is 3.43. The maximum absolute atomic E-state index is 10.9. The molecule has 0 saturated heterocycles. The molecule has 0 spiro atoms. The van der Waals surface area contributed by atoms with Gasteiger partial charge in [-0.25, -0.2) is 4.79 Å². The molecule has 106 valence electrons. The number of carboxylic acids is 1. The van der Waals surface area contributed by atoms with Crippen LogP contribution in [0.2, 0.25) is 5.02 Å². The molecule has 3 nitrogen and oxygen atoms in total. The molecule has 1 aromatic rings. The minimum absolute atomic E-state index is 0.228. The monoisotopic (exact) mass is 283 g/mol. The molecule has 0 bridgehead atoms. The quantitative estimate of drug-likeness (QED) is 0.752. The Morgan fingerprint density at radius 1 is 1.37 bits per heavy atom. The summed E-state index contributed by atoms with van der Waals surface area (Å²) in [6.07, 6.45) is 3.48. The molecular weight excluding hydrogens is 262 g/mol. The van der Waals surface area contributed by atoms with E-state index in [1.54, 1.807) is 12.1 Å². The molecule has 0 saturated carbocycles. The highest BCUT2D eigenvalue weighted by Crippen LogP contribution is 2.28. The van der Waals surface area contributed by atoms with Crippen molar-refractivity contribution in [3.05, 3.63) is 28.8 Å². The molecule has 1 aromatic carbocycles. The molecule has 0 aliphatic heterocycles. The Morgan fingerprint density at radius 2 is 2.05 bits per heavy atom. The van der Waals surface area contributed by atoms with E-state index in [2.05, 4.69) is 25.7 Å². The van der Waals surface area contributed by atoms with Gasteiger partial charge in [0.25, 0.3) is 0 Å². The van der Waals surface area contributed by atoms with Crippen LogP contribution in [0.25, 0.3) is 0 Å². The zero-order chi connectivity index (χ0) is 14.4. The van der Waals surface area contributed by atoms with Crippen LogP contribution in [0.15, 0.2) is 18.2 Å². The number of aromatic carboxylic acids is 1. The molecule has 0 aliphatic carbocycles. The smallest absolute Gasteiger partial charge is 0.335 e. The predicted molar refractivity (Wildman–Crippen MR) is 80.4 cm³/mol. The Kier molecular flexibility index (Phi) is 6.16. The zero-order valence-corrected chi connectivity index (χ0v) is 12.6. The SMILES string of the molecule is CCCCCN(c1ccc(C(=O)O)cc1Cl)C(C)C. The highest BCUT2D eigenvalue weighted by molar-refractivity contribution is 6.33. The fraction of sp³-hybridized carbons (Fsp3) is 0.533. The lowest BCUT2D eigenvalue weighted by molar-refractivity contribution is 0.0697. The van der Waals surface area contributed by atoms with Crippen LogP contribution in [0.3, 0.4) is 0 Å². The van der Waals surface area contributed by atoms with Gasteiger partial charge in [-0.2, -0.15) is 0 Å². The van der Waals surface area contributed by atoms with Gasteiger partial charge in [-0.15, -0.1) is 0 Å². The molecule has 0 heterocycles. The lowest BCUT2D eigenvalue weighted by atomic mass is 10.1. The van der Waals surface area contributed by atoms with Gasteiger partial charge in [0.15, 0.2) is 0 Å². The van der Waals surface area contributed by atoms with E-state index in [1.165, 1.54) is 18.9 Å². The van der Waals surface area contributed by atoms with Gasteiger partial charge in [0.1, 0.15) is 0 Å². The number of unbranched alkanes of at least 4 members (excludes halogenated alkanes) is 2. The summed E-state index contributed by atoms with van der Waals surface area (Å²) in [5, 5.41) is 9.45. The average molecular weight is 284 g/mol. The first-order valence-electron chi connectivity index (χ1n) is 6.76. The van der Waals surface area contributed by atoms with Crippen LogP contribution in [-0.4, -0.2) is 23.7 Å². The van der Waals surface area contributed by atoms with Crippen LogP contribution < -0.4 is 4.90 Å². The van der Waals surface area contributed by atoms with Crippen molar-refractivity contribution in [2.45, 2.75) is 46.1 Å². The molecule has 0 radical (unpaired) electrons. The molecule has 0 fully saturated rings. The summed E-state index contributed by atoms with van der Waals surface area (Å²) < 4.78 is 0. The Morgan fingerprint density at radius 3 is 2.53 bits per heavy atom. The number of hydrogen-bond acceptors (Lipinski definition) is 2. The summed E-state index contributed by atoms with van der Waals surface area (Å²) in [5.74, 6) is -0.949. The minimum atomic E-state index is -0.949. The van der Waals surface area contributed by atoms with E-state index in [9.17, 15) is 4.79 Å². The number of rotatable bonds is 7. The van der Waals surface area contributed by atoms with Crippen molar-refractivity contribution >= 4 is 23.3 Å². The molecule has 1 rings (SSSR count). The van der Waals surface area contributed by atoms with Crippen LogP contribution in [-0.2, 0) is 0 Å². The molecular formula is C15H22ClNO2. The van der Waals surface area contributed by atoms with Crippen LogP contribution in [0.4, 0.5) is 5.69 Å². The highest BCUT2D eigenvalue weighted by atomic mass is 35.5. The van der Waals surface area contributed by atoms with Gasteiger partial charge < -0.3 is 10.0 Å². The lowest BCUT2D eigenvalue weighted by Crippen LogP contribution is -2.32. The van der Waals surface area contributed by atoms with Crippen molar-refractivity contribution in [3.8, 4) is 0 Å². The molecule has 0 atom stereocenters. The van der Waals surface area contributed by atoms with Gasteiger partial charge in [-0.05, 0) is 38.5 Å². The van der Waals surface area contributed by atoms with Gasteiger partial charge in [-0.1, -0.05) is 31.4 Å². The molecule has 0 aromatic heterocycles. The van der Waals surface area contributed by atoms with Gasteiger partial charge in [-0.3, -0.25) is 0 Å². The number of nitrogens with zero attached hydrogens (tertiary/aromatic N) is 1. The van der Waals surface area contributed by atoms with Crippen LogP contribution in [0.5, 0.6) is 0 Å². The van der Waals surface area contributed by atoms with Crippen molar-refractivity contribution in [1.82, 2.24) is 0 Å². The summed E-state index contributed by atoms with van der Waals surface area (Å²) in [7, 11) is 0. The Balaban J connectivity index is 2.93. The number of benzene rings is 1. The van der Waals surface area contributed by atoms with Crippen molar-refractivity contribution in [2.24, 2.45) is 0 Å². The van der Waals surface area contributed by atoms with Crippen molar-refractivity contribution in [3.63, 3.8) is 0 Å². The molecule has 0 unspecified atom stereocenters. The maximum Gasteiger partial charge on any atom is 0.335 e. The van der Waals surface area contributed by atoms with E-state index >= 15 is 0 Å². The Hall–Kier alpha value is -1.22. The Bertz CT molecular complexity index is 432. The molecule has 0 amide bonds. The van der Waals surface area contributed by atoms with Gasteiger partial charge >= 0.3 is 5.97 Å². The molecule has 0 aliphatic rings. The fourth-order valence-electron chi connectivity index (χ4n) is 2.06. The second-order valence-corrected chi connectivity index (χ2v) is 5.37. The second kappa shape index (κ2) is 7.39. The molecule has 1 N–H and O–H groups in total. The second-order valence-electron chi connectivity index (χ2n) is 4.97. The predicted octanol–water partition coefficient (Wildman–Crippen LogP) is 4.44. The maximum atomic E-state index is 10.9. The standard InChI is InChI=1S/C15H22ClNO2/c1-4-5-6-9-17(11(2)3)14-8-7-12(15(18)19)10-13(14)16/h7-8,10-11H,4-6,9H2,1-3H3,(H,18,19). The van der Waals surface area contributed by atoms with E-state index in [-0.39, 0.29) is 5.56 Å². The zero-order valence-electron chi connectivity index (χ0n) is 11.8. The van der Waals surface area contributed by atoms with Crippen molar-refractivity contribution in [1.29, 1.82) is 0 Å². The Labute approximate surface area is 120 Å². The fourth-order valence-corrected chi connectivity index (χ4v) is 2.35. The number of hydrogen-bond donors (Lipinski definition) is 1. The third-order valence-electron chi connectivity index (χ3n) is 3.13. The van der Waals surface area contributed by atoms with Gasteiger partial charge in [0, 0.05) is 12.6 Å². The summed E-state index contributed by atoms with van der Waals surface area (Å²) in [6.45, 7) is 7.35.